The summed E-state index contributed by atoms with van der Waals surface area (Å²) in [6.45, 7) is 0.309. The fourth-order valence-electron chi connectivity index (χ4n) is 1.46. The topological polar surface area (TPSA) is 44.2 Å². The van der Waals surface area contributed by atoms with E-state index in [1.807, 2.05) is 46.9 Å². The summed E-state index contributed by atoms with van der Waals surface area (Å²) in [5.41, 5.74) is 1.28. The lowest BCUT2D eigenvalue weighted by Gasteiger charge is -2.07. The maximum absolute atomic E-state index is 13.2. The lowest BCUT2D eigenvalue weighted by atomic mass is 10.2. The number of halogens is 2. The van der Waals surface area contributed by atoms with Crippen LogP contribution in [-0.2, 0) is 11.0 Å². The van der Waals surface area contributed by atoms with Gasteiger partial charge in [0.2, 0.25) is 0 Å². The van der Waals surface area contributed by atoms with Gasteiger partial charge in [0.25, 0.3) is 0 Å². The fraction of sp³-hybridized carbons (Fsp3) is 0.231. The minimum atomic E-state index is -0.414. The molecule has 0 aliphatic carbocycles. The van der Waals surface area contributed by atoms with Gasteiger partial charge in [0.15, 0.2) is 5.82 Å². The Labute approximate surface area is 124 Å². The zero-order valence-corrected chi connectivity index (χ0v) is 12.4. The number of hydrogen-bond acceptors (Lipinski definition) is 4. The second kappa shape index (κ2) is 6.65. The van der Waals surface area contributed by atoms with E-state index in [-0.39, 0.29) is 6.01 Å². The van der Waals surface area contributed by atoms with Gasteiger partial charge < -0.3 is 9.47 Å². The standard InChI is InChI=1S/C13H12FIN2O2/c1-18-10-4-2-3-9(5-10)8-19-13-16-7-11(14)12(6-15)17-13/h2-5,7H,6,8H2,1H3. The Kier molecular flexibility index (Phi) is 4.89. The van der Waals surface area contributed by atoms with Crippen molar-refractivity contribution in [3.05, 3.63) is 47.5 Å². The number of methoxy groups -OCH3 is 1. The van der Waals surface area contributed by atoms with Gasteiger partial charge in [0.1, 0.15) is 12.4 Å². The quantitative estimate of drug-likeness (QED) is 0.596. The highest BCUT2D eigenvalue weighted by Crippen LogP contribution is 2.15. The van der Waals surface area contributed by atoms with Gasteiger partial charge in [-0.25, -0.2) is 9.37 Å². The van der Waals surface area contributed by atoms with Crippen LogP contribution in [0.2, 0.25) is 0 Å². The molecule has 0 radical (unpaired) electrons. The molecule has 6 heteroatoms. The van der Waals surface area contributed by atoms with Gasteiger partial charge in [0.05, 0.1) is 19.0 Å². The van der Waals surface area contributed by atoms with Gasteiger partial charge in [-0.3, -0.25) is 0 Å². The molecule has 0 fully saturated rings. The SMILES string of the molecule is COc1cccc(COc2ncc(F)c(CI)n2)c1. The van der Waals surface area contributed by atoms with Crippen LogP contribution in [0.15, 0.2) is 30.5 Å². The van der Waals surface area contributed by atoms with Crippen LogP contribution in [0.25, 0.3) is 0 Å². The Morgan fingerprint density at radius 1 is 1.37 bits per heavy atom. The second-order valence-electron chi connectivity index (χ2n) is 3.72. The molecule has 2 aromatic rings. The molecule has 1 aromatic heterocycles. The summed E-state index contributed by atoms with van der Waals surface area (Å²) >= 11 is 2.04. The smallest absolute Gasteiger partial charge is 0.317 e. The number of hydrogen-bond donors (Lipinski definition) is 0. The van der Waals surface area contributed by atoms with Crippen molar-refractivity contribution in [2.75, 3.05) is 7.11 Å². The molecule has 1 heterocycles. The molecule has 0 saturated heterocycles. The molecular weight excluding hydrogens is 362 g/mol. The summed E-state index contributed by atoms with van der Waals surface area (Å²) in [7, 11) is 1.61. The molecule has 100 valence electrons. The van der Waals surface area contributed by atoms with Crippen LogP contribution in [0.3, 0.4) is 0 Å². The monoisotopic (exact) mass is 374 g/mol. The zero-order chi connectivity index (χ0) is 13.7. The maximum Gasteiger partial charge on any atom is 0.317 e. The number of aromatic nitrogens is 2. The molecule has 0 aliphatic rings. The molecular formula is C13H12FIN2O2. The van der Waals surface area contributed by atoms with E-state index in [2.05, 4.69) is 9.97 Å². The number of nitrogens with zero attached hydrogens (tertiary/aromatic N) is 2. The van der Waals surface area contributed by atoms with Gasteiger partial charge in [-0.1, -0.05) is 34.7 Å². The molecule has 0 unspecified atom stereocenters. The second-order valence-corrected chi connectivity index (χ2v) is 4.48. The number of benzene rings is 1. The number of ether oxygens (including phenoxy) is 2. The first kappa shape index (κ1) is 14.0. The van der Waals surface area contributed by atoms with Crippen molar-refractivity contribution in [2.24, 2.45) is 0 Å². The Balaban J connectivity index is 2.05. The summed E-state index contributed by atoms with van der Waals surface area (Å²) < 4.78 is 24.3. The molecule has 4 nitrogen and oxygen atoms in total. The highest BCUT2D eigenvalue weighted by molar-refractivity contribution is 14.1. The molecule has 2 rings (SSSR count). The van der Waals surface area contributed by atoms with Crippen LogP contribution in [-0.4, -0.2) is 17.1 Å². The lowest BCUT2D eigenvalue weighted by molar-refractivity contribution is 0.277. The summed E-state index contributed by atoms with van der Waals surface area (Å²) in [6.07, 6.45) is 1.13. The molecule has 0 saturated carbocycles. The van der Waals surface area contributed by atoms with E-state index < -0.39 is 5.82 Å². The molecule has 0 bridgehead atoms. The van der Waals surface area contributed by atoms with Crippen LogP contribution in [0.1, 0.15) is 11.3 Å². The van der Waals surface area contributed by atoms with E-state index in [4.69, 9.17) is 9.47 Å². The van der Waals surface area contributed by atoms with Crippen LogP contribution in [0, 0.1) is 5.82 Å². The highest BCUT2D eigenvalue weighted by Gasteiger charge is 2.06. The minimum Gasteiger partial charge on any atom is -0.497 e. The first-order valence-electron chi connectivity index (χ1n) is 5.56. The summed E-state index contributed by atoms with van der Waals surface area (Å²) in [5.74, 6) is 0.345. The van der Waals surface area contributed by atoms with Gasteiger partial charge in [-0.05, 0) is 17.7 Å². The fourth-order valence-corrected chi connectivity index (χ4v) is 1.99. The Hall–Kier alpha value is -1.44. The van der Waals surface area contributed by atoms with E-state index in [1.54, 1.807) is 7.11 Å². The molecule has 0 spiro atoms. The van der Waals surface area contributed by atoms with Crippen LogP contribution >= 0.6 is 22.6 Å². The summed E-state index contributed by atoms with van der Waals surface area (Å²) in [4.78, 5) is 7.80. The zero-order valence-electron chi connectivity index (χ0n) is 10.3. The molecule has 0 aliphatic heterocycles. The summed E-state index contributed by atoms with van der Waals surface area (Å²) in [6, 6.07) is 7.68. The van der Waals surface area contributed by atoms with E-state index in [0.29, 0.717) is 16.7 Å². The third-order valence-corrected chi connectivity index (χ3v) is 3.15. The minimum absolute atomic E-state index is 0.177. The third kappa shape index (κ3) is 3.76. The number of alkyl halides is 1. The maximum atomic E-state index is 13.2. The van der Waals surface area contributed by atoms with Crippen molar-refractivity contribution >= 4 is 22.6 Å². The van der Waals surface area contributed by atoms with Crippen molar-refractivity contribution in [2.45, 2.75) is 11.0 Å². The molecule has 0 amide bonds. The van der Waals surface area contributed by atoms with Crippen LogP contribution in [0.4, 0.5) is 4.39 Å². The van der Waals surface area contributed by atoms with Gasteiger partial charge in [-0.15, -0.1) is 0 Å². The lowest BCUT2D eigenvalue weighted by Crippen LogP contribution is -2.02. The van der Waals surface area contributed by atoms with Crippen molar-refractivity contribution < 1.29 is 13.9 Å². The van der Waals surface area contributed by atoms with E-state index in [9.17, 15) is 4.39 Å². The Morgan fingerprint density at radius 3 is 2.95 bits per heavy atom. The van der Waals surface area contributed by atoms with Gasteiger partial charge >= 0.3 is 6.01 Å². The predicted octanol–water partition coefficient (Wildman–Crippen LogP) is 3.14. The van der Waals surface area contributed by atoms with Crippen molar-refractivity contribution in [1.82, 2.24) is 9.97 Å². The molecule has 0 atom stereocenters. The first-order chi connectivity index (χ1) is 9.22. The molecule has 19 heavy (non-hydrogen) atoms. The van der Waals surface area contributed by atoms with Gasteiger partial charge in [-0.2, -0.15) is 4.98 Å². The van der Waals surface area contributed by atoms with Crippen molar-refractivity contribution in [1.29, 1.82) is 0 Å². The highest BCUT2D eigenvalue weighted by atomic mass is 127. The van der Waals surface area contributed by atoms with Crippen LogP contribution < -0.4 is 9.47 Å². The normalized spacial score (nSPS) is 10.3. The van der Waals surface area contributed by atoms with Crippen molar-refractivity contribution in [3.63, 3.8) is 0 Å². The van der Waals surface area contributed by atoms with Crippen LogP contribution in [0.5, 0.6) is 11.8 Å². The third-order valence-electron chi connectivity index (χ3n) is 2.42. The van der Waals surface area contributed by atoms with E-state index in [0.717, 1.165) is 17.5 Å². The van der Waals surface area contributed by atoms with E-state index >= 15 is 0 Å². The van der Waals surface area contributed by atoms with E-state index in [1.165, 1.54) is 0 Å². The molecule has 0 N–H and O–H groups in total. The molecule has 1 aromatic carbocycles. The summed E-state index contributed by atoms with van der Waals surface area (Å²) in [5, 5.41) is 0. The average molecular weight is 374 g/mol. The first-order valence-corrected chi connectivity index (χ1v) is 7.08. The average Bonchev–Trinajstić information content (AvgIpc) is 2.46. The number of rotatable bonds is 5. The van der Waals surface area contributed by atoms with Gasteiger partial charge in [0, 0.05) is 4.43 Å². The van der Waals surface area contributed by atoms with Crippen molar-refractivity contribution in [3.8, 4) is 11.8 Å². The largest absolute Gasteiger partial charge is 0.497 e. The Morgan fingerprint density at radius 2 is 2.21 bits per heavy atom. The Bertz CT molecular complexity index is 566. The predicted molar refractivity (Wildman–Crippen MR) is 77.0 cm³/mol.